The van der Waals surface area contributed by atoms with Crippen molar-refractivity contribution in [2.24, 2.45) is 0 Å². The first-order chi connectivity index (χ1) is 12.4. The number of benzene rings is 1. The van der Waals surface area contributed by atoms with Crippen molar-refractivity contribution in [1.29, 1.82) is 0 Å². The Bertz CT molecular complexity index is 810. The number of methoxy groups -OCH3 is 1. The normalized spacial score (nSPS) is 12.2. The van der Waals surface area contributed by atoms with Crippen molar-refractivity contribution < 1.29 is 23.5 Å². The van der Waals surface area contributed by atoms with Gasteiger partial charge in [-0.1, -0.05) is 6.07 Å². The fraction of sp³-hybridized carbons (Fsp3) is 0.316. The molecular formula is C19H24NO5P. The lowest BCUT2D eigenvalue weighted by molar-refractivity contribution is 0.231. The summed E-state index contributed by atoms with van der Waals surface area (Å²) in [5.74, 6) is 0.412. The smallest absolute Gasteiger partial charge is 0.361 e. The molecule has 0 fully saturated rings. The molecular weight excluding hydrogens is 353 g/mol. The molecule has 1 aromatic carbocycles. The second kappa shape index (κ2) is 8.99. The minimum absolute atomic E-state index is 0.0744. The minimum atomic E-state index is -3.55. The Hall–Kier alpha value is -2.14. The molecule has 0 aliphatic heterocycles. The molecule has 0 amide bonds. The van der Waals surface area contributed by atoms with Crippen molar-refractivity contribution in [3.8, 4) is 11.5 Å². The van der Waals surface area contributed by atoms with E-state index in [0.717, 1.165) is 0 Å². The molecule has 2 rings (SSSR count). The molecule has 0 unspecified atom stereocenters. The second-order valence-corrected chi connectivity index (χ2v) is 7.49. The lowest BCUT2D eigenvalue weighted by Gasteiger charge is -2.20. The maximum atomic E-state index is 13.4. The Balaban J connectivity index is 2.66. The van der Waals surface area contributed by atoms with E-state index in [1.807, 2.05) is 0 Å². The topological polar surface area (TPSA) is 77.9 Å². The van der Waals surface area contributed by atoms with E-state index >= 15 is 0 Å². The first-order valence-electron chi connectivity index (χ1n) is 8.34. The van der Waals surface area contributed by atoms with Crippen LogP contribution in [0.2, 0.25) is 0 Å². The Morgan fingerprint density at radius 1 is 1.27 bits per heavy atom. The summed E-state index contributed by atoms with van der Waals surface area (Å²) in [4.78, 5) is 4.11. The zero-order valence-corrected chi connectivity index (χ0v) is 16.3. The van der Waals surface area contributed by atoms with Gasteiger partial charge in [0, 0.05) is 18.0 Å². The Labute approximate surface area is 154 Å². The highest BCUT2D eigenvalue weighted by Gasteiger charge is 2.31. The number of nitrogens with zero attached hydrogens (tertiary/aromatic N) is 1. The number of aromatic nitrogens is 1. The van der Waals surface area contributed by atoms with Crippen LogP contribution in [0, 0.1) is 6.92 Å². The summed E-state index contributed by atoms with van der Waals surface area (Å²) in [6.07, 6.45) is 4.97. The molecule has 0 spiro atoms. The number of aromatic hydroxyl groups is 1. The SMILES string of the molecule is CCOP(=O)(OCC)/C(=C/c1cc(C)c(O)c(OC)c1)c1cccnc1. The summed E-state index contributed by atoms with van der Waals surface area (Å²) in [5.41, 5.74) is 1.99. The van der Waals surface area contributed by atoms with Gasteiger partial charge >= 0.3 is 7.60 Å². The van der Waals surface area contributed by atoms with Gasteiger partial charge < -0.3 is 18.9 Å². The van der Waals surface area contributed by atoms with Crippen LogP contribution in [0.5, 0.6) is 11.5 Å². The maximum absolute atomic E-state index is 13.4. The van der Waals surface area contributed by atoms with E-state index in [0.29, 0.717) is 27.8 Å². The third kappa shape index (κ3) is 4.52. The summed E-state index contributed by atoms with van der Waals surface area (Å²) in [6.45, 7) is 5.78. The zero-order valence-electron chi connectivity index (χ0n) is 15.4. The first-order valence-corrected chi connectivity index (χ1v) is 9.88. The fourth-order valence-corrected chi connectivity index (χ4v) is 4.31. The van der Waals surface area contributed by atoms with Crippen LogP contribution in [-0.2, 0) is 13.6 Å². The highest BCUT2D eigenvalue weighted by Crippen LogP contribution is 2.61. The van der Waals surface area contributed by atoms with Gasteiger partial charge in [0.25, 0.3) is 0 Å². The summed E-state index contributed by atoms with van der Waals surface area (Å²) in [7, 11) is -2.07. The lowest BCUT2D eigenvalue weighted by atomic mass is 10.1. The highest BCUT2D eigenvalue weighted by atomic mass is 31.2. The Morgan fingerprint density at radius 3 is 2.50 bits per heavy atom. The molecule has 2 aromatic rings. The molecule has 1 N–H and O–H groups in total. The molecule has 0 saturated carbocycles. The minimum Gasteiger partial charge on any atom is -0.504 e. The number of pyridine rings is 1. The van der Waals surface area contributed by atoms with Crippen LogP contribution >= 0.6 is 7.60 Å². The van der Waals surface area contributed by atoms with Crippen molar-refractivity contribution in [3.05, 3.63) is 53.3 Å². The molecule has 0 aliphatic carbocycles. The van der Waals surface area contributed by atoms with E-state index in [4.69, 9.17) is 13.8 Å². The van der Waals surface area contributed by atoms with E-state index in [1.165, 1.54) is 7.11 Å². The molecule has 0 bridgehead atoms. The second-order valence-electron chi connectivity index (χ2n) is 5.49. The van der Waals surface area contributed by atoms with Gasteiger partial charge in [0.1, 0.15) is 0 Å². The Kier molecular flexibility index (Phi) is 6.98. The van der Waals surface area contributed by atoms with Gasteiger partial charge in [0.2, 0.25) is 0 Å². The summed E-state index contributed by atoms with van der Waals surface area (Å²) < 4.78 is 29.7. The third-order valence-electron chi connectivity index (χ3n) is 3.66. The van der Waals surface area contributed by atoms with Crippen LogP contribution in [0.4, 0.5) is 0 Å². The quantitative estimate of drug-likeness (QED) is 0.662. The van der Waals surface area contributed by atoms with Gasteiger partial charge in [-0.05, 0) is 56.2 Å². The van der Waals surface area contributed by atoms with Crippen LogP contribution in [0.1, 0.15) is 30.5 Å². The first kappa shape index (κ1) is 20.2. The number of phenols is 1. The zero-order chi connectivity index (χ0) is 19.2. The number of rotatable bonds is 8. The molecule has 140 valence electrons. The number of aryl methyl sites for hydroxylation is 1. The van der Waals surface area contributed by atoms with Crippen molar-refractivity contribution in [2.75, 3.05) is 20.3 Å². The predicted molar refractivity (Wildman–Crippen MR) is 102 cm³/mol. The molecule has 1 heterocycles. The van der Waals surface area contributed by atoms with Gasteiger partial charge in [-0.2, -0.15) is 0 Å². The highest BCUT2D eigenvalue weighted by molar-refractivity contribution is 7.65. The summed E-state index contributed by atoms with van der Waals surface area (Å²) in [6, 6.07) is 7.00. The lowest BCUT2D eigenvalue weighted by Crippen LogP contribution is -1.99. The average Bonchev–Trinajstić information content (AvgIpc) is 2.63. The van der Waals surface area contributed by atoms with E-state index in [-0.39, 0.29) is 19.0 Å². The van der Waals surface area contributed by atoms with Gasteiger partial charge in [-0.25, -0.2) is 0 Å². The van der Waals surface area contributed by atoms with Crippen molar-refractivity contribution in [3.63, 3.8) is 0 Å². The van der Waals surface area contributed by atoms with E-state index in [1.54, 1.807) is 63.5 Å². The van der Waals surface area contributed by atoms with Gasteiger partial charge in [-0.3, -0.25) is 9.55 Å². The van der Waals surface area contributed by atoms with Gasteiger partial charge in [-0.15, -0.1) is 0 Å². The van der Waals surface area contributed by atoms with Crippen LogP contribution < -0.4 is 4.74 Å². The van der Waals surface area contributed by atoms with E-state index in [2.05, 4.69) is 4.98 Å². The standard InChI is InChI=1S/C19H24NO5P/c1-5-24-26(22,25-6-2)18(16-8-7-9-20-13-16)12-15-10-14(3)19(21)17(11-15)23-4/h7-13,21H,5-6H2,1-4H3/b18-12+. The molecule has 0 radical (unpaired) electrons. The van der Waals surface area contributed by atoms with Crippen molar-refractivity contribution in [1.82, 2.24) is 4.98 Å². The molecule has 1 aromatic heterocycles. The maximum Gasteiger partial charge on any atom is 0.361 e. The number of ether oxygens (including phenoxy) is 1. The third-order valence-corrected chi connectivity index (χ3v) is 5.84. The van der Waals surface area contributed by atoms with Gasteiger partial charge in [0.15, 0.2) is 11.5 Å². The van der Waals surface area contributed by atoms with Crippen LogP contribution in [0.15, 0.2) is 36.7 Å². The molecule has 26 heavy (non-hydrogen) atoms. The van der Waals surface area contributed by atoms with Crippen LogP contribution in [-0.4, -0.2) is 30.4 Å². The van der Waals surface area contributed by atoms with Crippen LogP contribution in [0.25, 0.3) is 11.4 Å². The molecule has 0 atom stereocenters. The summed E-state index contributed by atoms with van der Waals surface area (Å²) >= 11 is 0. The molecule has 6 nitrogen and oxygen atoms in total. The fourth-order valence-electron chi connectivity index (χ4n) is 2.52. The molecule has 0 saturated heterocycles. The van der Waals surface area contributed by atoms with Crippen molar-refractivity contribution >= 4 is 19.0 Å². The number of phenolic OH excluding ortho intramolecular Hbond substituents is 1. The Morgan fingerprint density at radius 2 is 1.96 bits per heavy atom. The molecule has 7 heteroatoms. The number of hydrogen-bond acceptors (Lipinski definition) is 6. The van der Waals surface area contributed by atoms with E-state index in [9.17, 15) is 9.67 Å². The molecule has 0 aliphatic rings. The van der Waals surface area contributed by atoms with Crippen LogP contribution in [0.3, 0.4) is 0 Å². The van der Waals surface area contributed by atoms with Gasteiger partial charge in [0.05, 0.1) is 25.6 Å². The van der Waals surface area contributed by atoms with Crippen molar-refractivity contribution in [2.45, 2.75) is 20.8 Å². The van der Waals surface area contributed by atoms with E-state index < -0.39 is 7.60 Å². The number of hydrogen-bond donors (Lipinski definition) is 1. The monoisotopic (exact) mass is 377 g/mol. The average molecular weight is 377 g/mol. The largest absolute Gasteiger partial charge is 0.504 e. The summed E-state index contributed by atoms with van der Waals surface area (Å²) in [5, 5.41) is 10.4. The predicted octanol–water partition coefficient (Wildman–Crippen LogP) is 4.87.